The van der Waals surface area contributed by atoms with E-state index in [1.165, 1.54) is 31.2 Å². The molecule has 0 amide bonds. The van der Waals surface area contributed by atoms with E-state index in [4.69, 9.17) is 0 Å². The molecule has 0 radical (unpaired) electrons. The van der Waals surface area contributed by atoms with Gasteiger partial charge >= 0.3 is 0 Å². The van der Waals surface area contributed by atoms with Crippen molar-refractivity contribution >= 4 is 17.5 Å². The Labute approximate surface area is 114 Å². The Bertz CT molecular complexity index is 408. The van der Waals surface area contributed by atoms with Gasteiger partial charge in [0.2, 0.25) is 0 Å². The van der Waals surface area contributed by atoms with E-state index in [1.807, 2.05) is 0 Å². The second kappa shape index (κ2) is 7.42. The van der Waals surface area contributed by atoms with Gasteiger partial charge in [0.1, 0.15) is 0 Å². The number of ketones is 1. The van der Waals surface area contributed by atoms with Crippen LogP contribution in [0, 0.1) is 0 Å². The van der Waals surface area contributed by atoms with Crippen molar-refractivity contribution in [3.05, 3.63) is 46.9 Å². The normalized spacial score (nSPS) is 14.9. The van der Waals surface area contributed by atoms with E-state index >= 15 is 0 Å². The lowest BCUT2D eigenvalue weighted by Gasteiger charge is -2.02. The number of thioether (sulfide) groups is 1. The van der Waals surface area contributed by atoms with Gasteiger partial charge in [-0.3, -0.25) is 4.79 Å². The van der Waals surface area contributed by atoms with Crippen LogP contribution in [0.2, 0.25) is 0 Å². The Morgan fingerprint density at radius 2 is 1.89 bits per heavy atom. The third kappa shape index (κ3) is 4.34. The smallest absolute Gasteiger partial charge is 0.169 e. The number of rotatable bonds is 7. The topological polar surface area (TPSA) is 17.1 Å². The van der Waals surface area contributed by atoms with Gasteiger partial charge in [0, 0.05) is 11.3 Å². The molecule has 2 heteroatoms. The minimum Gasteiger partial charge on any atom is -0.294 e. The standard InChI is InChI=1S/C16H20OS/c17-15-11-7-12-16(15)18-13-6-2-5-10-14-8-3-1-4-9-14/h1,3-4,8-9,12H,2,5-7,10-11,13H2. The predicted molar refractivity (Wildman–Crippen MR) is 78.8 cm³/mol. The van der Waals surface area contributed by atoms with Gasteiger partial charge < -0.3 is 0 Å². The largest absolute Gasteiger partial charge is 0.294 e. The Kier molecular flexibility index (Phi) is 5.53. The van der Waals surface area contributed by atoms with Crippen LogP contribution in [0.15, 0.2) is 41.3 Å². The summed E-state index contributed by atoms with van der Waals surface area (Å²) in [6, 6.07) is 10.6. The van der Waals surface area contributed by atoms with Crippen molar-refractivity contribution in [1.82, 2.24) is 0 Å². The van der Waals surface area contributed by atoms with Crippen LogP contribution in [0.25, 0.3) is 0 Å². The van der Waals surface area contributed by atoms with Crippen molar-refractivity contribution < 1.29 is 4.79 Å². The quantitative estimate of drug-likeness (QED) is 0.677. The summed E-state index contributed by atoms with van der Waals surface area (Å²) >= 11 is 1.75. The number of benzene rings is 1. The summed E-state index contributed by atoms with van der Waals surface area (Å²) in [7, 11) is 0. The highest BCUT2D eigenvalue weighted by atomic mass is 32.2. The fourth-order valence-corrected chi connectivity index (χ4v) is 3.21. The molecule has 1 aromatic rings. The van der Waals surface area contributed by atoms with Gasteiger partial charge in [0.25, 0.3) is 0 Å². The van der Waals surface area contributed by atoms with Crippen LogP contribution in [-0.4, -0.2) is 11.5 Å². The Morgan fingerprint density at radius 3 is 2.61 bits per heavy atom. The Morgan fingerprint density at radius 1 is 1.06 bits per heavy atom. The Hall–Kier alpha value is -1.02. The SMILES string of the molecule is O=C1CCC=C1SCCCCCc1ccccc1. The zero-order valence-electron chi connectivity index (χ0n) is 10.7. The lowest BCUT2D eigenvalue weighted by Crippen LogP contribution is -1.93. The van der Waals surface area contributed by atoms with Crippen molar-refractivity contribution in [2.45, 2.75) is 38.5 Å². The van der Waals surface area contributed by atoms with E-state index in [0.29, 0.717) is 5.78 Å². The van der Waals surface area contributed by atoms with Crippen LogP contribution in [0.1, 0.15) is 37.7 Å². The zero-order valence-corrected chi connectivity index (χ0v) is 11.5. The molecule has 1 aromatic carbocycles. The van der Waals surface area contributed by atoms with Gasteiger partial charge in [0.15, 0.2) is 5.78 Å². The van der Waals surface area contributed by atoms with Crippen LogP contribution in [0.4, 0.5) is 0 Å². The van der Waals surface area contributed by atoms with E-state index in [9.17, 15) is 4.79 Å². The third-order valence-electron chi connectivity index (χ3n) is 3.19. The minimum atomic E-state index is 0.351. The molecule has 0 saturated carbocycles. The average molecular weight is 260 g/mol. The van der Waals surface area contributed by atoms with Crippen molar-refractivity contribution in [2.75, 3.05) is 5.75 Å². The first-order chi connectivity index (χ1) is 8.86. The van der Waals surface area contributed by atoms with Gasteiger partial charge in [-0.25, -0.2) is 0 Å². The number of Topliss-reactive ketones (excluding diaryl/α,β-unsaturated/α-hetero) is 1. The lowest BCUT2D eigenvalue weighted by atomic mass is 10.1. The van der Waals surface area contributed by atoms with Crippen LogP contribution < -0.4 is 0 Å². The number of carbonyl (C=O) groups excluding carboxylic acids is 1. The maximum Gasteiger partial charge on any atom is 0.169 e. The predicted octanol–water partition coefficient (Wildman–Crippen LogP) is 4.38. The highest BCUT2D eigenvalue weighted by Gasteiger charge is 2.14. The molecular weight excluding hydrogens is 240 g/mol. The van der Waals surface area contributed by atoms with E-state index in [2.05, 4.69) is 36.4 Å². The Balaban J connectivity index is 1.53. The first kappa shape index (κ1) is 13.4. The third-order valence-corrected chi connectivity index (χ3v) is 4.38. The maximum absolute atomic E-state index is 11.4. The van der Waals surface area contributed by atoms with Crippen LogP contribution in [0.5, 0.6) is 0 Å². The van der Waals surface area contributed by atoms with Crippen LogP contribution in [-0.2, 0) is 11.2 Å². The molecule has 0 atom stereocenters. The summed E-state index contributed by atoms with van der Waals surface area (Å²) < 4.78 is 0. The van der Waals surface area contributed by atoms with Gasteiger partial charge in [-0.1, -0.05) is 42.8 Å². The molecule has 2 rings (SSSR count). The van der Waals surface area contributed by atoms with Crippen molar-refractivity contribution in [3.63, 3.8) is 0 Å². The summed E-state index contributed by atoms with van der Waals surface area (Å²) in [5, 5.41) is 0. The summed E-state index contributed by atoms with van der Waals surface area (Å²) in [4.78, 5) is 12.4. The molecule has 0 bridgehead atoms. The minimum absolute atomic E-state index is 0.351. The summed E-state index contributed by atoms with van der Waals surface area (Å²) in [6.45, 7) is 0. The van der Waals surface area contributed by atoms with Crippen LogP contribution in [0.3, 0.4) is 0 Å². The number of hydrogen-bond donors (Lipinski definition) is 0. The number of aryl methyl sites for hydroxylation is 1. The molecule has 0 spiro atoms. The molecule has 0 aliphatic heterocycles. The number of allylic oxidation sites excluding steroid dienone is 2. The van der Waals surface area contributed by atoms with E-state index in [-0.39, 0.29) is 0 Å². The first-order valence-corrected chi connectivity index (χ1v) is 7.75. The van der Waals surface area contributed by atoms with Gasteiger partial charge in [-0.15, -0.1) is 11.8 Å². The molecule has 1 aliphatic rings. The molecule has 0 unspecified atom stereocenters. The summed E-state index contributed by atoms with van der Waals surface area (Å²) in [5.74, 6) is 1.44. The van der Waals surface area contributed by atoms with Gasteiger partial charge in [-0.05, 0) is 37.0 Å². The average Bonchev–Trinajstić information content (AvgIpc) is 2.81. The second-order valence-corrected chi connectivity index (χ2v) is 5.81. The van der Waals surface area contributed by atoms with Crippen molar-refractivity contribution in [2.24, 2.45) is 0 Å². The van der Waals surface area contributed by atoms with E-state index < -0.39 is 0 Å². The second-order valence-electron chi connectivity index (χ2n) is 4.67. The molecule has 0 fully saturated rings. The van der Waals surface area contributed by atoms with E-state index in [1.54, 1.807) is 11.8 Å². The molecule has 0 saturated heterocycles. The van der Waals surface area contributed by atoms with Crippen molar-refractivity contribution in [3.8, 4) is 0 Å². The molecule has 0 N–H and O–H groups in total. The molecule has 96 valence electrons. The fraction of sp³-hybridized carbons (Fsp3) is 0.438. The van der Waals surface area contributed by atoms with Crippen LogP contribution >= 0.6 is 11.8 Å². The van der Waals surface area contributed by atoms with Crippen molar-refractivity contribution in [1.29, 1.82) is 0 Å². The molecule has 1 nitrogen and oxygen atoms in total. The van der Waals surface area contributed by atoms with Gasteiger partial charge in [0.05, 0.1) is 0 Å². The zero-order chi connectivity index (χ0) is 12.6. The van der Waals surface area contributed by atoms with E-state index in [0.717, 1.165) is 23.5 Å². The molecule has 1 aliphatic carbocycles. The van der Waals surface area contributed by atoms with Gasteiger partial charge in [-0.2, -0.15) is 0 Å². The number of hydrogen-bond acceptors (Lipinski definition) is 2. The molecular formula is C16H20OS. The molecule has 0 heterocycles. The summed E-state index contributed by atoms with van der Waals surface area (Å²) in [6.07, 6.45) is 8.67. The fourth-order valence-electron chi connectivity index (χ4n) is 2.15. The highest BCUT2D eigenvalue weighted by molar-refractivity contribution is 8.04. The maximum atomic E-state index is 11.4. The highest BCUT2D eigenvalue weighted by Crippen LogP contribution is 2.26. The monoisotopic (exact) mass is 260 g/mol. The summed E-state index contributed by atoms with van der Waals surface area (Å²) in [5.41, 5.74) is 1.43. The number of unbranched alkanes of at least 4 members (excludes halogenated alkanes) is 2. The molecule has 18 heavy (non-hydrogen) atoms. The first-order valence-electron chi connectivity index (χ1n) is 6.76. The molecule has 0 aromatic heterocycles. The lowest BCUT2D eigenvalue weighted by molar-refractivity contribution is -0.114. The number of carbonyl (C=O) groups is 1.